The lowest BCUT2D eigenvalue weighted by atomic mass is 10.2. The molecule has 0 atom stereocenters. The molecule has 0 unspecified atom stereocenters. The number of carbonyl (C=O) groups is 1. The molecular weight excluding hydrogens is 352 g/mol. The Morgan fingerprint density at radius 2 is 1.26 bits per heavy atom. The molecule has 0 bridgehead atoms. The molecular formula is C19H15BrN2O. The molecule has 0 aliphatic heterocycles. The molecule has 4 heteroatoms. The highest BCUT2D eigenvalue weighted by atomic mass is 79.9. The molecule has 0 aliphatic carbocycles. The average Bonchev–Trinajstić information content (AvgIpc) is 2.58. The molecule has 0 spiro atoms. The third kappa shape index (κ3) is 3.99. The average molecular weight is 367 g/mol. The highest BCUT2D eigenvalue weighted by Gasteiger charge is 2.09. The first-order chi connectivity index (χ1) is 11.2. The topological polar surface area (TPSA) is 41.1 Å². The first kappa shape index (κ1) is 15.3. The van der Waals surface area contributed by atoms with Gasteiger partial charge in [-0.15, -0.1) is 0 Å². The zero-order valence-corrected chi connectivity index (χ0v) is 13.9. The number of hydrogen-bond donors (Lipinski definition) is 2. The summed E-state index contributed by atoms with van der Waals surface area (Å²) in [4.78, 5) is 12.3. The summed E-state index contributed by atoms with van der Waals surface area (Å²) in [6, 6.07) is 24.9. The Balaban J connectivity index is 1.68. The van der Waals surface area contributed by atoms with E-state index < -0.39 is 0 Å². The van der Waals surface area contributed by atoms with Crippen LogP contribution in [0.5, 0.6) is 0 Å². The van der Waals surface area contributed by atoms with Gasteiger partial charge in [-0.05, 0) is 64.5 Å². The molecule has 0 radical (unpaired) electrons. The van der Waals surface area contributed by atoms with Gasteiger partial charge in [0.1, 0.15) is 0 Å². The van der Waals surface area contributed by atoms with Gasteiger partial charge >= 0.3 is 0 Å². The maximum absolute atomic E-state index is 12.3. The van der Waals surface area contributed by atoms with Gasteiger partial charge in [-0.3, -0.25) is 4.79 Å². The monoisotopic (exact) mass is 366 g/mol. The largest absolute Gasteiger partial charge is 0.356 e. The normalized spacial score (nSPS) is 10.1. The number of carbonyl (C=O) groups excluding carboxylic acids is 1. The van der Waals surface area contributed by atoms with Crippen molar-refractivity contribution in [1.29, 1.82) is 0 Å². The predicted molar refractivity (Wildman–Crippen MR) is 98.3 cm³/mol. The third-order valence-electron chi connectivity index (χ3n) is 3.32. The first-order valence-corrected chi connectivity index (χ1v) is 8.00. The minimum absolute atomic E-state index is 0.138. The number of halogens is 1. The van der Waals surface area contributed by atoms with Gasteiger partial charge in [0.25, 0.3) is 5.91 Å². The Morgan fingerprint density at radius 3 is 1.96 bits per heavy atom. The van der Waals surface area contributed by atoms with Crippen LogP contribution in [0.1, 0.15) is 10.4 Å². The minimum atomic E-state index is -0.138. The van der Waals surface area contributed by atoms with Crippen LogP contribution >= 0.6 is 15.9 Å². The summed E-state index contributed by atoms with van der Waals surface area (Å²) in [7, 11) is 0. The lowest BCUT2D eigenvalue weighted by molar-refractivity contribution is 0.102. The second kappa shape index (κ2) is 7.11. The van der Waals surface area contributed by atoms with Crippen LogP contribution in [0.15, 0.2) is 83.3 Å². The predicted octanol–water partition coefficient (Wildman–Crippen LogP) is 5.45. The van der Waals surface area contributed by atoms with Crippen molar-refractivity contribution < 1.29 is 4.79 Å². The summed E-state index contributed by atoms with van der Waals surface area (Å²) < 4.78 is 0.778. The number of nitrogens with one attached hydrogen (secondary N) is 2. The van der Waals surface area contributed by atoms with Crippen molar-refractivity contribution in [1.82, 2.24) is 0 Å². The quantitative estimate of drug-likeness (QED) is 0.644. The second-order valence-electron chi connectivity index (χ2n) is 5.00. The standard InChI is InChI=1S/C19H15BrN2O/c20-18-9-5-4-8-17(18)19(23)22-16-12-10-15(11-13-16)21-14-6-2-1-3-7-14/h1-13,21H,(H,22,23). The second-order valence-corrected chi connectivity index (χ2v) is 5.86. The molecule has 2 N–H and O–H groups in total. The summed E-state index contributed by atoms with van der Waals surface area (Å²) in [5, 5.41) is 6.20. The van der Waals surface area contributed by atoms with E-state index in [1.54, 1.807) is 6.07 Å². The van der Waals surface area contributed by atoms with Crippen molar-refractivity contribution in [2.45, 2.75) is 0 Å². The summed E-state index contributed by atoms with van der Waals surface area (Å²) >= 11 is 3.39. The van der Waals surface area contributed by atoms with Gasteiger partial charge in [0, 0.05) is 21.5 Å². The van der Waals surface area contributed by atoms with Gasteiger partial charge in [0.05, 0.1) is 5.56 Å². The molecule has 0 aliphatic rings. The molecule has 23 heavy (non-hydrogen) atoms. The highest BCUT2D eigenvalue weighted by molar-refractivity contribution is 9.10. The number of anilines is 3. The number of hydrogen-bond acceptors (Lipinski definition) is 2. The fourth-order valence-corrected chi connectivity index (χ4v) is 2.63. The van der Waals surface area contributed by atoms with Crippen LogP contribution in [0, 0.1) is 0 Å². The Morgan fingerprint density at radius 1 is 0.696 bits per heavy atom. The van der Waals surface area contributed by atoms with Crippen LogP contribution in [0.3, 0.4) is 0 Å². The van der Waals surface area contributed by atoms with E-state index in [1.165, 1.54) is 0 Å². The van der Waals surface area contributed by atoms with Crippen molar-refractivity contribution in [3.63, 3.8) is 0 Å². The SMILES string of the molecule is O=C(Nc1ccc(Nc2ccccc2)cc1)c1ccccc1Br. The van der Waals surface area contributed by atoms with Gasteiger partial charge in [0.2, 0.25) is 0 Å². The van der Waals surface area contributed by atoms with Gasteiger partial charge in [-0.1, -0.05) is 30.3 Å². The lowest BCUT2D eigenvalue weighted by Crippen LogP contribution is -2.12. The van der Waals surface area contributed by atoms with Crippen LogP contribution in [-0.2, 0) is 0 Å². The summed E-state index contributed by atoms with van der Waals surface area (Å²) in [6.07, 6.45) is 0. The van der Waals surface area contributed by atoms with E-state index >= 15 is 0 Å². The van der Waals surface area contributed by atoms with Crippen molar-refractivity contribution in [3.8, 4) is 0 Å². The number of benzene rings is 3. The summed E-state index contributed by atoms with van der Waals surface area (Å²) in [5.41, 5.74) is 3.36. The van der Waals surface area contributed by atoms with E-state index in [-0.39, 0.29) is 5.91 Å². The first-order valence-electron chi connectivity index (χ1n) is 7.20. The molecule has 0 saturated carbocycles. The van der Waals surface area contributed by atoms with Gasteiger partial charge in [0.15, 0.2) is 0 Å². The Kier molecular flexibility index (Phi) is 4.74. The maximum Gasteiger partial charge on any atom is 0.256 e. The Bertz CT molecular complexity index is 801. The van der Waals surface area contributed by atoms with E-state index in [1.807, 2.05) is 72.8 Å². The summed E-state index contributed by atoms with van der Waals surface area (Å²) in [5.74, 6) is -0.138. The van der Waals surface area contributed by atoms with Crippen LogP contribution < -0.4 is 10.6 Å². The van der Waals surface area contributed by atoms with Gasteiger partial charge in [-0.25, -0.2) is 0 Å². The van der Waals surface area contributed by atoms with Crippen molar-refractivity contribution in [2.75, 3.05) is 10.6 Å². The molecule has 1 amide bonds. The van der Waals surface area contributed by atoms with Crippen LogP contribution in [0.2, 0.25) is 0 Å². The number of rotatable bonds is 4. The van der Waals surface area contributed by atoms with E-state index in [2.05, 4.69) is 26.6 Å². The van der Waals surface area contributed by atoms with E-state index in [0.29, 0.717) is 5.56 Å². The van der Waals surface area contributed by atoms with Gasteiger partial charge in [-0.2, -0.15) is 0 Å². The zero-order chi connectivity index (χ0) is 16.1. The highest BCUT2D eigenvalue weighted by Crippen LogP contribution is 2.21. The van der Waals surface area contributed by atoms with E-state index in [9.17, 15) is 4.79 Å². The molecule has 3 aromatic carbocycles. The van der Waals surface area contributed by atoms with E-state index in [0.717, 1.165) is 21.5 Å². The summed E-state index contributed by atoms with van der Waals surface area (Å²) in [6.45, 7) is 0. The van der Waals surface area contributed by atoms with Crippen molar-refractivity contribution >= 4 is 38.9 Å². The fraction of sp³-hybridized carbons (Fsp3) is 0. The minimum Gasteiger partial charge on any atom is -0.356 e. The van der Waals surface area contributed by atoms with Crippen LogP contribution in [0.25, 0.3) is 0 Å². The molecule has 3 nitrogen and oxygen atoms in total. The van der Waals surface area contributed by atoms with Crippen LogP contribution in [0.4, 0.5) is 17.1 Å². The third-order valence-corrected chi connectivity index (χ3v) is 4.02. The fourth-order valence-electron chi connectivity index (χ4n) is 2.17. The molecule has 0 saturated heterocycles. The smallest absolute Gasteiger partial charge is 0.256 e. The molecule has 3 rings (SSSR count). The van der Waals surface area contributed by atoms with Gasteiger partial charge < -0.3 is 10.6 Å². The van der Waals surface area contributed by atoms with Crippen LogP contribution in [-0.4, -0.2) is 5.91 Å². The molecule has 114 valence electrons. The maximum atomic E-state index is 12.3. The van der Waals surface area contributed by atoms with Crippen molar-refractivity contribution in [3.05, 3.63) is 88.9 Å². The molecule has 0 heterocycles. The van der Waals surface area contributed by atoms with E-state index in [4.69, 9.17) is 0 Å². The number of para-hydroxylation sites is 1. The Hall–Kier alpha value is -2.59. The molecule has 0 aromatic heterocycles. The van der Waals surface area contributed by atoms with Crippen molar-refractivity contribution in [2.24, 2.45) is 0 Å². The molecule has 0 fully saturated rings. The Labute approximate surface area is 143 Å². The zero-order valence-electron chi connectivity index (χ0n) is 12.3. The molecule has 3 aromatic rings. The number of amides is 1. The lowest BCUT2D eigenvalue weighted by Gasteiger charge is -2.09.